The van der Waals surface area contributed by atoms with Gasteiger partial charge in [0.15, 0.2) is 5.82 Å². The van der Waals surface area contributed by atoms with Crippen LogP contribution in [0.5, 0.6) is 0 Å². The summed E-state index contributed by atoms with van der Waals surface area (Å²) in [7, 11) is 0. The van der Waals surface area contributed by atoms with Crippen molar-refractivity contribution in [2.75, 3.05) is 30.0 Å². The molecule has 2 aromatic heterocycles. The van der Waals surface area contributed by atoms with E-state index in [-0.39, 0.29) is 0 Å². The van der Waals surface area contributed by atoms with Crippen LogP contribution in [-0.4, -0.2) is 27.9 Å². The smallest absolute Gasteiger partial charge is 0.165 e. The predicted octanol–water partition coefficient (Wildman–Crippen LogP) is 1.74. The molecule has 0 bridgehead atoms. The topological polar surface area (TPSA) is 133 Å². The molecule has 28 heavy (non-hydrogen) atoms. The Morgan fingerprint density at radius 2 is 1.82 bits per heavy atom. The summed E-state index contributed by atoms with van der Waals surface area (Å²) >= 11 is 0. The fraction of sp³-hybridized carbons (Fsp3) is 0.300. The van der Waals surface area contributed by atoms with Crippen LogP contribution in [-0.2, 0) is 13.0 Å². The molecule has 1 aliphatic heterocycles. The summed E-state index contributed by atoms with van der Waals surface area (Å²) in [4.78, 5) is 4.05. The van der Waals surface area contributed by atoms with Gasteiger partial charge in [0, 0.05) is 12.6 Å². The predicted molar refractivity (Wildman–Crippen MR) is 114 cm³/mol. The molecule has 4 rings (SSSR count). The third-order valence-electron chi connectivity index (χ3n) is 4.53. The van der Waals surface area contributed by atoms with Gasteiger partial charge in [-0.25, -0.2) is 10.8 Å². The fourth-order valence-electron chi connectivity index (χ4n) is 3.09. The highest BCUT2D eigenvalue weighted by Gasteiger charge is 2.10. The van der Waals surface area contributed by atoms with Gasteiger partial charge in [-0.3, -0.25) is 4.68 Å². The molecule has 8 heteroatoms. The Labute approximate surface area is 165 Å². The van der Waals surface area contributed by atoms with Gasteiger partial charge in [0.1, 0.15) is 5.82 Å². The van der Waals surface area contributed by atoms with Gasteiger partial charge in [0.25, 0.3) is 0 Å². The first kappa shape index (κ1) is 19.7. The number of anilines is 3. The van der Waals surface area contributed by atoms with E-state index in [9.17, 15) is 0 Å². The van der Waals surface area contributed by atoms with Crippen LogP contribution in [0, 0.1) is 0 Å². The summed E-state index contributed by atoms with van der Waals surface area (Å²) in [6.45, 7) is 3.23. The van der Waals surface area contributed by atoms with E-state index in [2.05, 4.69) is 33.0 Å². The van der Waals surface area contributed by atoms with Gasteiger partial charge in [-0.1, -0.05) is 30.3 Å². The Kier molecular flexibility index (Phi) is 6.83. The minimum atomic E-state index is 0.374. The van der Waals surface area contributed by atoms with Crippen molar-refractivity contribution in [3.63, 3.8) is 0 Å². The van der Waals surface area contributed by atoms with Gasteiger partial charge in [0.05, 0.1) is 18.4 Å². The van der Waals surface area contributed by atoms with E-state index in [4.69, 9.17) is 17.3 Å². The van der Waals surface area contributed by atoms with Gasteiger partial charge in [-0.05, 0) is 48.7 Å². The number of nitrogens with two attached hydrogens (primary N) is 3. The van der Waals surface area contributed by atoms with Gasteiger partial charge >= 0.3 is 0 Å². The number of aromatic nitrogens is 3. The summed E-state index contributed by atoms with van der Waals surface area (Å²) in [6, 6.07) is 11.9. The van der Waals surface area contributed by atoms with Gasteiger partial charge < -0.3 is 22.2 Å². The Hall–Kier alpha value is -3.10. The lowest BCUT2D eigenvalue weighted by molar-refractivity contribution is 0.686. The van der Waals surface area contributed by atoms with Crippen molar-refractivity contribution in [3.8, 4) is 0 Å². The molecule has 1 fully saturated rings. The molecule has 0 spiro atoms. The van der Waals surface area contributed by atoms with Crippen LogP contribution in [0.3, 0.4) is 0 Å². The number of benzene rings is 1. The number of pyridine rings is 1. The minimum absolute atomic E-state index is 0.374. The minimum Gasteiger partial charge on any atom is -0.395 e. The number of hydrogen-bond donors (Lipinski definition) is 5. The first-order valence-electron chi connectivity index (χ1n) is 9.43. The number of nitrogens with one attached hydrogen (secondary N) is 2. The molecular formula is C20H28N8. The maximum atomic E-state index is 6.05. The van der Waals surface area contributed by atoms with E-state index < -0.39 is 0 Å². The molecule has 0 aliphatic carbocycles. The molecule has 3 heterocycles. The highest BCUT2D eigenvalue weighted by molar-refractivity contribution is 5.68. The Bertz CT molecular complexity index is 864. The normalized spacial score (nSPS) is 13.0. The number of nitrogen functional groups attached to an aromatic ring is 3. The monoisotopic (exact) mass is 380 g/mol. The van der Waals surface area contributed by atoms with Gasteiger partial charge in [0.2, 0.25) is 0 Å². The molecule has 0 unspecified atom stereocenters. The third kappa shape index (κ3) is 5.45. The summed E-state index contributed by atoms with van der Waals surface area (Å²) < 4.78 is 1.90. The lowest BCUT2D eigenvalue weighted by atomic mass is 10.1. The number of rotatable bonds is 5. The molecule has 1 aromatic carbocycles. The average Bonchev–Trinajstić information content (AvgIpc) is 3.41. The highest BCUT2D eigenvalue weighted by Crippen LogP contribution is 2.24. The van der Waals surface area contributed by atoms with Crippen molar-refractivity contribution >= 4 is 17.3 Å². The zero-order valence-corrected chi connectivity index (χ0v) is 15.9. The van der Waals surface area contributed by atoms with Gasteiger partial charge in [-0.15, -0.1) is 0 Å². The quantitative estimate of drug-likeness (QED) is 0.336. The van der Waals surface area contributed by atoms with Crippen LogP contribution >= 0.6 is 0 Å². The number of nitrogens with zero attached hydrogens (tertiary/aromatic N) is 3. The Balaban J connectivity index is 0.000000391. The summed E-state index contributed by atoms with van der Waals surface area (Å²) in [6.07, 6.45) is 7.22. The van der Waals surface area contributed by atoms with E-state index in [1.165, 1.54) is 31.5 Å². The Morgan fingerprint density at radius 3 is 2.46 bits per heavy atom. The third-order valence-corrected chi connectivity index (χ3v) is 4.53. The second-order valence-corrected chi connectivity index (χ2v) is 6.78. The summed E-state index contributed by atoms with van der Waals surface area (Å²) in [5, 5.41) is 7.61. The highest BCUT2D eigenvalue weighted by atomic mass is 15.3. The maximum absolute atomic E-state index is 6.05. The Morgan fingerprint density at radius 1 is 1.07 bits per heavy atom. The molecule has 0 radical (unpaired) electrons. The van der Waals surface area contributed by atoms with Crippen LogP contribution < -0.4 is 28.1 Å². The van der Waals surface area contributed by atoms with Crippen LogP contribution in [0.25, 0.3) is 0 Å². The largest absolute Gasteiger partial charge is 0.395 e. The number of hydrogen-bond acceptors (Lipinski definition) is 7. The standard InChI is InChI=1S/C16H19N7.C4H9N/c17-14-7-13(15(18)16(21-14)22-19)6-12-8-20-23(10-12)9-11-4-2-1-3-5-11;1-2-4-5-3-1/h1-5,7-8,10H,6,9,18-19H2,(H3,17,21,22);5H,1-4H2. The van der Waals surface area contributed by atoms with E-state index in [1.54, 1.807) is 6.07 Å². The average molecular weight is 381 g/mol. The summed E-state index contributed by atoms with van der Waals surface area (Å²) in [5.74, 6) is 6.17. The second-order valence-electron chi connectivity index (χ2n) is 6.78. The second kappa shape index (κ2) is 9.72. The van der Waals surface area contributed by atoms with E-state index in [1.807, 2.05) is 35.3 Å². The molecule has 3 aromatic rings. The van der Waals surface area contributed by atoms with Crippen LogP contribution in [0.15, 0.2) is 48.8 Å². The van der Waals surface area contributed by atoms with Crippen molar-refractivity contribution < 1.29 is 0 Å². The molecule has 8 N–H and O–H groups in total. The maximum Gasteiger partial charge on any atom is 0.165 e. The molecule has 148 valence electrons. The fourth-order valence-corrected chi connectivity index (χ4v) is 3.09. The summed E-state index contributed by atoms with van der Waals surface area (Å²) in [5.41, 5.74) is 17.9. The van der Waals surface area contributed by atoms with Gasteiger partial charge in [-0.2, -0.15) is 5.10 Å². The molecule has 1 aliphatic rings. The molecular weight excluding hydrogens is 352 g/mol. The zero-order chi connectivity index (χ0) is 19.8. The van der Waals surface area contributed by atoms with Crippen molar-refractivity contribution in [1.82, 2.24) is 20.1 Å². The van der Waals surface area contributed by atoms with Crippen molar-refractivity contribution in [1.29, 1.82) is 0 Å². The SMILES string of the molecule is C1CCNC1.NNc1nc(N)cc(Cc2cnn(Cc3ccccc3)c2)c1N. The van der Waals surface area contributed by atoms with Crippen molar-refractivity contribution in [3.05, 3.63) is 65.5 Å². The van der Waals surface area contributed by atoms with E-state index >= 15 is 0 Å². The first-order chi connectivity index (χ1) is 13.7. The first-order valence-corrected chi connectivity index (χ1v) is 9.43. The van der Waals surface area contributed by atoms with Crippen molar-refractivity contribution in [2.24, 2.45) is 5.84 Å². The molecule has 0 saturated carbocycles. The molecule has 1 saturated heterocycles. The van der Waals surface area contributed by atoms with Crippen LogP contribution in [0.4, 0.5) is 17.3 Å². The molecule has 0 amide bonds. The van der Waals surface area contributed by atoms with E-state index in [0.717, 1.165) is 17.7 Å². The lowest BCUT2D eigenvalue weighted by Crippen LogP contribution is -2.13. The molecule has 8 nitrogen and oxygen atoms in total. The zero-order valence-electron chi connectivity index (χ0n) is 15.9. The van der Waals surface area contributed by atoms with Crippen LogP contribution in [0.1, 0.15) is 29.5 Å². The molecule has 0 atom stereocenters. The van der Waals surface area contributed by atoms with Crippen molar-refractivity contribution in [2.45, 2.75) is 25.8 Å². The van der Waals surface area contributed by atoms with Crippen LogP contribution in [0.2, 0.25) is 0 Å². The lowest BCUT2D eigenvalue weighted by Gasteiger charge is -2.10. The van der Waals surface area contributed by atoms with E-state index in [0.29, 0.717) is 23.7 Å². The number of hydrazine groups is 1.